The number of amides is 1. The zero-order chi connectivity index (χ0) is 15.1. The van der Waals surface area contributed by atoms with Crippen LogP contribution in [0.2, 0.25) is 0 Å². The van der Waals surface area contributed by atoms with Crippen LogP contribution in [0.1, 0.15) is 0 Å². The number of nitrogens with two attached hydrogens (primary N) is 1. The Kier molecular flexibility index (Phi) is 7.11. The molecular weight excluding hydrogens is 277 g/mol. The van der Waals surface area contributed by atoms with E-state index >= 15 is 0 Å². The van der Waals surface area contributed by atoms with E-state index in [1.165, 1.54) is 0 Å². The second-order valence-electron chi connectivity index (χ2n) is 3.18. The zero-order valence-corrected chi connectivity index (χ0v) is 9.59. The molecule has 0 spiro atoms. The van der Waals surface area contributed by atoms with Crippen molar-refractivity contribution < 1.29 is 42.5 Å². The van der Waals surface area contributed by atoms with E-state index in [0.29, 0.717) is 0 Å². The summed E-state index contributed by atoms with van der Waals surface area (Å²) in [6.45, 7) is -2.22. The molecule has 0 aromatic carbocycles. The molecule has 0 aromatic rings. The molecule has 112 valence electrons. The van der Waals surface area contributed by atoms with Gasteiger partial charge in [0, 0.05) is 6.54 Å². The lowest BCUT2D eigenvalue weighted by atomic mass is 10.4. The molecule has 0 aliphatic heterocycles. The van der Waals surface area contributed by atoms with Gasteiger partial charge >= 0.3 is 18.2 Å². The van der Waals surface area contributed by atoms with Gasteiger partial charge in [-0.2, -0.15) is 13.2 Å². The molecule has 4 N–H and O–H groups in total. The monoisotopic (exact) mass is 290 g/mol. The van der Waals surface area contributed by atoms with E-state index in [-0.39, 0.29) is 11.6 Å². The lowest BCUT2D eigenvalue weighted by Gasteiger charge is -2.20. The van der Waals surface area contributed by atoms with Crippen LogP contribution in [0.15, 0.2) is 0 Å². The number of nitrogens with zero attached hydrogens (tertiary/aromatic N) is 1. The quantitative estimate of drug-likeness (QED) is 0.541. The number of aliphatic hydroxyl groups is 2. The molecule has 19 heavy (non-hydrogen) atoms. The summed E-state index contributed by atoms with van der Waals surface area (Å²) in [6, 6.07) is 0. The largest absolute Gasteiger partial charge is 0.493 e. The minimum Gasteiger partial charge on any atom is -0.444 e. The lowest BCUT2D eigenvalue weighted by Crippen LogP contribution is -2.42. The van der Waals surface area contributed by atoms with Crippen molar-refractivity contribution in [1.29, 1.82) is 0 Å². The van der Waals surface area contributed by atoms with E-state index < -0.39 is 44.1 Å². The average Bonchev–Trinajstić information content (AvgIpc) is 2.33. The molecular formula is C8H13F3N2O6. The first kappa shape index (κ1) is 17.4. The van der Waals surface area contributed by atoms with Crippen LogP contribution in [0, 0.1) is 0 Å². The first-order valence-electron chi connectivity index (χ1n) is 4.94. The summed E-state index contributed by atoms with van der Waals surface area (Å²) in [5, 5.41) is 17.3. The Hall–Kier alpha value is -1.59. The second kappa shape index (κ2) is 7.76. The van der Waals surface area contributed by atoms with Crippen LogP contribution >= 0.6 is 0 Å². The molecule has 11 heteroatoms. The first-order valence-corrected chi connectivity index (χ1v) is 4.94. The zero-order valence-electron chi connectivity index (χ0n) is 9.59. The normalized spacial score (nSPS) is 12.7. The van der Waals surface area contributed by atoms with Gasteiger partial charge in [0.15, 0.2) is 0 Å². The Balaban J connectivity index is 4.46. The van der Waals surface area contributed by atoms with Crippen molar-refractivity contribution in [3.05, 3.63) is 0 Å². The van der Waals surface area contributed by atoms with E-state index in [1.54, 1.807) is 0 Å². The molecule has 0 aromatic heterocycles. The Morgan fingerprint density at radius 1 is 1.37 bits per heavy atom. The van der Waals surface area contributed by atoms with Crippen molar-refractivity contribution >= 4 is 12.1 Å². The number of aliphatic hydroxyl groups excluding tert-OH is 2. The molecule has 0 unspecified atom stereocenters. The third kappa shape index (κ3) is 6.79. The molecule has 0 bridgehead atoms. The molecule has 0 radical (unpaired) electrons. The number of halogens is 3. The van der Waals surface area contributed by atoms with Crippen LogP contribution in [0.5, 0.6) is 0 Å². The molecule has 1 amide bonds. The van der Waals surface area contributed by atoms with E-state index in [4.69, 9.17) is 15.9 Å². The number of carbonyl (C=O) groups excluding carboxylic acids is 2. The fourth-order valence-corrected chi connectivity index (χ4v) is 0.735. The smallest absolute Gasteiger partial charge is 0.444 e. The number of hydroxylamine groups is 2. The summed E-state index contributed by atoms with van der Waals surface area (Å²) < 4.78 is 40.1. The number of rotatable bonds is 5. The second-order valence-corrected chi connectivity index (χ2v) is 3.18. The maximum Gasteiger partial charge on any atom is 0.493 e. The highest BCUT2D eigenvalue weighted by Crippen LogP contribution is 2.17. The van der Waals surface area contributed by atoms with Gasteiger partial charge in [-0.05, 0) is 0 Å². The van der Waals surface area contributed by atoms with Gasteiger partial charge in [-0.1, -0.05) is 0 Å². The van der Waals surface area contributed by atoms with Gasteiger partial charge < -0.3 is 25.5 Å². The van der Waals surface area contributed by atoms with Crippen molar-refractivity contribution in [2.75, 3.05) is 26.3 Å². The Morgan fingerprint density at radius 2 is 1.95 bits per heavy atom. The molecule has 0 rings (SSSR count). The molecule has 0 fully saturated rings. The molecule has 1 atom stereocenters. The van der Waals surface area contributed by atoms with Gasteiger partial charge in [0.25, 0.3) is 0 Å². The number of hydrogen-bond acceptors (Lipinski definition) is 7. The summed E-state index contributed by atoms with van der Waals surface area (Å²) in [6.07, 6.45) is -8.13. The third-order valence-electron chi connectivity index (χ3n) is 1.57. The van der Waals surface area contributed by atoms with Crippen LogP contribution in [-0.4, -0.2) is 65.9 Å². The molecule has 0 saturated heterocycles. The molecule has 0 aliphatic rings. The van der Waals surface area contributed by atoms with Gasteiger partial charge in [0.05, 0.1) is 13.2 Å². The highest BCUT2D eigenvalue weighted by molar-refractivity contribution is 5.77. The van der Waals surface area contributed by atoms with Crippen molar-refractivity contribution in [3.63, 3.8) is 0 Å². The van der Waals surface area contributed by atoms with Gasteiger partial charge in [0.2, 0.25) is 0 Å². The predicted molar refractivity (Wildman–Crippen MR) is 52.3 cm³/mol. The first-order chi connectivity index (χ1) is 8.72. The molecule has 0 aliphatic carbocycles. The van der Waals surface area contributed by atoms with Crippen LogP contribution in [0.4, 0.5) is 18.0 Å². The Labute approximate surface area is 105 Å². The van der Waals surface area contributed by atoms with Crippen molar-refractivity contribution in [1.82, 2.24) is 5.06 Å². The minimum absolute atomic E-state index is 0.0279. The van der Waals surface area contributed by atoms with E-state index in [9.17, 15) is 22.8 Å². The Morgan fingerprint density at radius 3 is 2.37 bits per heavy atom. The fourth-order valence-electron chi connectivity index (χ4n) is 0.735. The third-order valence-corrected chi connectivity index (χ3v) is 1.57. The summed E-state index contributed by atoms with van der Waals surface area (Å²) in [7, 11) is 0. The summed E-state index contributed by atoms with van der Waals surface area (Å²) in [4.78, 5) is 25.5. The standard InChI is InChI=1S/C8H13F3N2O6/c9-8(10,11)6(16)19-13(2-1-12)7(17)18-4-5(15)3-14/h5,14-15H,1-4,12H2/t5-/m1/s1. The SMILES string of the molecule is NCCN(OC(=O)C(F)(F)F)C(=O)OC[C@H](O)CO. The number of carbonyl (C=O) groups is 2. The molecule has 0 heterocycles. The number of hydrogen-bond donors (Lipinski definition) is 3. The average molecular weight is 290 g/mol. The van der Waals surface area contributed by atoms with Crippen LogP contribution in [-0.2, 0) is 14.4 Å². The van der Waals surface area contributed by atoms with E-state index in [2.05, 4.69) is 9.57 Å². The summed E-state index contributed by atoms with van der Waals surface area (Å²) in [5.41, 5.74) is 5.02. The minimum atomic E-state index is -5.28. The van der Waals surface area contributed by atoms with Gasteiger partial charge in [-0.3, -0.25) is 0 Å². The van der Waals surface area contributed by atoms with Gasteiger partial charge in [-0.25, -0.2) is 9.59 Å². The van der Waals surface area contributed by atoms with Gasteiger partial charge in [-0.15, -0.1) is 5.06 Å². The maximum absolute atomic E-state index is 11.9. The van der Waals surface area contributed by atoms with Crippen LogP contribution < -0.4 is 5.73 Å². The van der Waals surface area contributed by atoms with Crippen LogP contribution in [0.3, 0.4) is 0 Å². The van der Waals surface area contributed by atoms with Crippen molar-refractivity contribution in [2.24, 2.45) is 5.73 Å². The highest BCUT2D eigenvalue weighted by Gasteiger charge is 2.43. The predicted octanol–water partition coefficient (Wildman–Crippen LogP) is -1.24. The van der Waals surface area contributed by atoms with Gasteiger partial charge in [0.1, 0.15) is 12.7 Å². The lowest BCUT2D eigenvalue weighted by molar-refractivity contribution is -0.231. The maximum atomic E-state index is 11.9. The van der Waals surface area contributed by atoms with Crippen LogP contribution in [0.25, 0.3) is 0 Å². The van der Waals surface area contributed by atoms with Crippen molar-refractivity contribution in [2.45, 2.75) is 12.3 Å². The van der Waals surface area contributed by atoms with Crippen molar-refractivity contribution in [3.8, 4) is 0 Å². The summed E-state index contributed by atoms with van der Waals surface area (Å²) >= 11 is 0. The number of ether oxygens (including phenoxy) is 1. The molecule has 0 saturated carbocycles. The highest BCUT2D eigenvalue weighted by atomic mass is 19.4. The summed E-state index contributed by atoms with van der Waals surface area (Å²) in [5.74, 6) is -2.61. The Bertz CT molecular complexity index is 311. The molecule has 8 nitrogen and oxygen atoms in total. The van der Waals surface area contributed by atoms with E-state index in [0.717, 1.165) is 0 Å². The number of alkyl halides is 3. The fraction of sp³-hybridized carbons (Fsp3) is 0.750. The van der Waals surface area contributed by atoms with E-state index in [1.807, 2.05) is 0 Å². The topological polar surface area (TPSA) is 122 Å².